The van der Waals surface area contributed by atoms with Crippen LogP contribution in [0, 0.1) is 0 Å². The van der Waals surface area contributed by atoms with Crippen LogP contribution >= 0.6 is 11.3 Å². The van der Waals surface area contributed by atoms with E-state index in [9.17, 15) is 14.6 Å². The first-order chi connectivity index (χ1) is 12.0. The molecule has 0 spiro atoms. The molecule has 11 heteroatoms. The predicted octanol–water partition coefficient (Wildman–Crippen LogP) is -0.381. The molecule has 1 fully saturated rings. The molecular weight excluding hydrogens is 351 g/mol. The van der Waals surface area contributed by atoms with E-state index in [2.05, 4.69) is 10.5 Å². The van der Waals surface area contributed by atoms with Gasteiger partial charge in [0.1, 0.15) is 6.61 Å². The number of nitrogens with zero attached hydrogens (tertiary/aromatic N) is 1. The molecule has 4 N–H and O–H groups in total. The summed E-state index contributed by atoms with van der Waals surface area (Å²) in [7, 11) is -1.30. The van der Waals surface area contributed by atoms with Gasteiger partial charge in [-0.15, -0.1) is 11.3 Å². The molecule has 2 rings (SSSR count). The second-order valence-corrected chi connectivity index (χ2v) is 6.33. The fourth-order valence-corrected chi connectivity index (χ4v) is 3.06. The van der Waals surface area contributed by atoms with Crippen LogP contribution in [0.1, 0.15) is 24.1 Å². The highest BCUT2D eigenvalue weighted by atomic mass is 32.1. The van der Waals surface area contributed by atoms with Gasteiger partial charge in [0.05, 0.1) is 30.0 Å². The number of carboxylic acids is 1. The van der Waals surface area contributed by atoms with Crippen molar-refractivity contribution in [3.05, 3.63) is 22.4 Å². The lowest BCUT2D eigenvalue weighted by atomic mass is 9.72. The number of carbonyl (C=O) groups is 2. The van der Waals surface area contributed by atoms with Gasteiger partial charge >= 0.3 is 13.1 Å². The second-order valence-electron chi connectivity index (χ2n) is 5.38. The van der Waals surface area contributed by atoms with Gasteiger partial charge in [0.2, 0.25) is 0 Å². The van der Waals surface area contributed by atoms with Crippen LogP contribution in [0.3, 0.4) is 0 Å². The highest BCUT2D eigenvalue weighted by Crippen LogP contribution is 2.19. The molecule has 2 heterocycles. The minimum absolute atomic E-state index is 0.0308. The number of aliphatic carboxylic acids is 1. The molecule has 2 unspecified atom stereocenters. The summed E-state index contributed by atoms with van der Waals surface area (Å²) in [6.07, 6.45) is -0.00542. The number of rotatable bonds is 8. The molecule has 1 amide bonds. The van der Waals surface area contributed by atoms with Gasteiger partial charge in [0, 0.05) is 0 Å². The number of thiophene rings is 1. The fourth-order valence-electron chi connectivity index (χ4n) is 2.36. The van der Waals surface area contributed by atoms with E-state index in [4.69, 9.17) is 19.7 Å². The first-order valence-electron chi connectivity index (χ1n) is 7.72. The van der Waals surface area contributed by atoms with Crippen molar-refractivity contribution in [2.75, 3.05) is 13.2 Å². The van der Waals surface area contributed by atoms with Gasteiger partial charge in [-0.25, -0.2) is 0 Å². The van der Waals surface area contributed by atoms with Crippen LogP contribution in [0.4, 0.5) is 0 Å². The highest BCUT2D eigenvalue weighted by molar-refractivity contribution is 7.13. The number of oxime groups is 1. The van der Waals surface area contributed by atoms with E-state index in [0.717, 1.165) is 0 Å². The van der Waals surface area contributed by atoms with Crippen molar-refractivity contribution in [2.45, 2.75) is 31.3 Å². The Kier molecular flexibility index (Phi) is 7.38. The first-order valence-corrected chi connectivity index (χ1v) is 8.60. The van der Waals surface area contributed by atoms with Crippen LogP contribution in [0.5, 0.6) is 0 Å². The zero-order chi connectivity index (χ0) is 18.2. The maximum atomic E-state index is 12.5. The third-order valence-electron chi connectivity index (χ3n) is 3.50. The molecule has 136 valence electrons. The van der Waals surface area contributed by atoms with Crippen molar-refractivity contribution in [1.82, 2.24) is 5.32 Å². The van der Waals surface area contributed by atoms with Crippen LogP contribution in [0.15, 0.2) is 22.7 Å². The van der Waals surface area contributed by atoms with Gasteiger partial charge in [-0.1, -0.05) is 11.2 Å². The SMILES string of the molecule is O=C(O)CC1CCC(NC(=O)/C(=N\OCCO)c2cccs2)B(O)O1. The standard InChI is InChI=1S/C14H19BN2O7S/c18-5-6-23-17-13(10-2-1-7-25-10)14(21)16-11-4-3-9(8-12(19)20)24-15(11)22/h1-2,7,9,11,18,22H,3-6,8H2,(H,16,21)(H,19,20)/b17-13-. The molecule has 25 heavy (non-hydrogen) atoms. The zero-order valence-corrected chi connectivity index (χ0v) is 14.1. The van der Waals surface area contributed by atoms with E-state index in [1.54, 1.807) is 17.5 Å². The number of carboxylic acid groups (broad SMARTS) is 1. The fraction of sp³-hybridized carbons (Fsp3) is 0.500. The van der Waals surface area contributed by atoms with Crippen LogP contribution in [0.25, 0.3) is 0 Å². The smallest absolute Gasteiger partial charge is 0.478 e. The van der Waals surface area contributed by atoms with E-state index < -0.39 is 31.0 Å². The molecule has 0 radical (unpaired) electrons. The van der Waals surface area contributed by atoms with E-state index in [-0.39, 0.29) is 25.3 Å². The molecule has 2 atom stereocenters. The number of hydrogen-bond donors (Lipinski definition) is 4. The highest BCUT2D eigenvalue weighted by Gasteiger charge is 2.37. The topological polar surface area (TPSA) is 138 Å². The van der Waals surface area contributed by atoms with Crippen molar-refractivity contribution < 1.29 is 34.3 Å². The third-order valence-corrected chi connectivity index (χ3v) is 4.38. The Bertz CT molecular complexity index is 610. The Balaban J connectivity index is 1.98. The van der Waals surface area contributed by atoms with E-state index in [1.165, 1.54) is 11.3 Å². The van der Waals surface area contributed by atoms with Crippen LogP contribution < -0.4 is 5.32 Å². The molecule has 9 nitrogen and oxygen atoms in total. The predicted molar refractivity (Wildman–Crippen MR) is 90.2 cm³/mol. The summed E-state index contributed by atoms with van der Waals surface area (Å²) in [5, 5.41) is 35.7. The van der Waals surface area contributed by atoms with Crippen LogP contribution in [-0.2, 0) is 19.1 Å². The molecule has 0 aromatic carbocycles. The maximum absolute atomic E-state index is 12.5. The summed E-state index contributed by atoms with van der Waals surface area (Å²) in [5.74, 6) is -2.24. The summed E-state index contributed by atoms with van der Waals surface area (Å²) in [6.45, 7) is -0.281. The Morgan fingerprint density at radius 1 is 1.48 bits per heavy atom. The van der Waals surface area contributed by atoms with Crippen LogP contribution in [0.2, 0.25) is 0 Å². The molecule has 1 saturated heterocycles. The average molecular weight is 370 g/mol. The number of nitrogens with one attached hydrogen (secondary N) is 1. The van der Waals surface area contributed by atoms with Gasteiger partial charge in [-0.05, 0) is 24.3 Å². The summed E-state index contributed by atoms with van der Waals surface area (Å²) < 4.78 is 5.24. The van der Waals surface area contributed by atoms with Gasteiger partial charge in [0.25, 0.3) is 5.91 Å². The zero-order valence-electron chi connectivity index (χ0n) is 13.3. The summed E-state index contributed by atoms with van der Waals surface area (Å²) >= 11 is 1.29. The van der Waals surface area contributed by atoms with Crippen molar-refractivity contribution in [3.63, 3.8) is 0 Å². The Morgan fingerprint density at radius 3 is 2.88 bits per heavy atom. The minimum atomic E-state index is -1.30. The van der Waals surface area contributed by atoms with Crippen LogP contribution in [-0.4, -0.2) is 65.2 Å². The van der Waals surface area contributed by atoms with E-state index >= 15 is 0 Å². The lowest BCUT2D eigenvalue weighted by Crippen LogP contribution is -2.54. The van der Waals surface area contributed by atoms with Crippen molar-refractivity contribution >= 4 is 36.0 Å². The largest absolute Gasteiger partial charge is 0.481 e. The quantitative estimate of drug-likeness (QED) is 0.212. The number of aliphatic hydroxyl groups is 1. The molecule has 1 aliphatic heterocycles. The molecular formula is C14H19BN2O7S. The minimum Gasteiger partial charge on any atom is -0.481 e. The van der Waals surface area contributed by atoms with Gasteiger partial charge in [0.15, 0.2) is 5.71 Å². The van der Waals surface area contributed by atoms with Gasteiger partial charge in [-0.2, -0.15) is 0 Å². The third kappa shape index (κ3) is 5.82. The summed E-state index contributed by atoms with van der Waals surface area (Å²) in [4.78, 5) is 28.6. The van der Waals surface area contributed by atoms with Gasteiger partial charge < -0.3 is 30.0 Å². The lowest BCUT2D eigenvalue weighted by molar-refractivity contribution is -0.139. The maximum Gasteiger partial charge on any atom is 0.478 e. The number of hydrogen-bond acceptors (Lipinski definition) is 8. The number of amides is 1. The van der Waals surface area contributed by atoms with Gasteiger partial charge in [-0.3, -0.25) is 9.59 Å². The Morgan fingerprint density at radius 2 is 2.28 bits per heavy atom. The lowest BCUT2D eigenvalue weighted by Gasteiger charge is -2.30. The molecule has 0 saturated carbocycles. The second kappa shape index (κ2) is 9.52. The van der Waals surface area contributed by atoms with Crippen molar-refractivity contribution in [3.8, 4) is 0 Å². The molecule has 1 aromatic heterocycles. The van der Waals surface area contributed by atoms with Crippen molar-refractivity contribution in [2.24, 2.45) is 5.16 Å². The average Bonchev–Trinajstić information content (AvgIpc) is 3.07. The first kappa shape index (κ1) is 19.4. The normalized spacial score (nSPS) is 21.0. The number of carbonyl (C=O) groups excluding carboxylic acids is 1. The molecule has 0 bridgehead atoms. The Hall–Kier alpha value is -1.95. The Labute approximate surface area is 148 Å². The molecule has 1 aliphatic rings. The molecule has 1 aromatic rings. The molecule has 0 aliphatic carbocycles. The monoisotopic (exact) mass is 370 g/mol. The van der Waals surface area contributed by atoms with E-state index in [0.29, 0.717) is 17.7 Å². The number of aliphatic hydroxyl groups excluding tert-OH is 1. The van der Waals surface area contributed by atoms with E-state index in [1.807, 2.05) is 0 Å². The van der Waals surface area contributed by atoms with Crippen molar-refractivity contribution in [1.29, 1.82) is 0 Å². The summed E-state index contributed by atoms with van der Waals surface area (Å²) in [5.41, 5.74) is 0.0308. The summed E-state index contributed by atoms with van der Waals surface area (Å²) in [6, 6.07) is 3.45.